The van der Waals surface area contributed by atoms with E-state index in [0.29, 0.717) is 23.1 Å². The Kier molecular flexibility index (Phi) is 7.44. The molecule has 0 aliphatic carbocycles. The van der Waals surface area contributed by atoms with Crippen molar-refractivity contribution in [3.8, 4) is 6.07 Å². The molecule has 6 heteroatoms. The number of aryl methyl sites for hydroxylation is 4. The number of nitrogens with zero attached hydrogens (tertiary/aromatic N) is 5. The first-order chi connectivity index (χ1) is 16.6. The van der Waals surface area contributed by atoms with Crippen LogP contribution in [0.25, 0.3) is 11.0 Å². The van der Waals surface area contributed by atoms with Crippen LogP contribution in [0.4, 0.5) is 5.82 Å². The molecule has 5 rings (SSSR count). The number of anilines is 1. The van der Waals surface area contributed by atoms with Gasteiger partial charge in [0.05, 0.1) is 6.33 Å². The number of hydrogen-bond acceptors (Lipinski definition) is 4. The highest BCUT2D eigenvalue weighted by molar-refractivity contribution is 5.89. The Labute approximate surface area is 200 Å². The molecule has 2 aromatic carbocycles. The fourth-order valence-electron chi connectivity index (χ4n) is 4.51. The van der Waals surface area contributed by atoms with Crippen LogP contribution in [0, 0.1) is 18.3 Å². The molecular weight excluding hydrogens is 422 g/mol. The van der Waals surface area contributed by atoms with Crippen molar-refractivity contribution in [3.63, 3.8) is 0 Å². The smallest absolute Gasteiger partial charge is 0.277 e. The fourth-order valence-corrected chi connectivity index (χ4v) is 4.51. The van der Waals surface area contributed by atoms with Gasteiger partial charge < -0.3 is 9.47 Å². The first kappa shape index (κ1) is 23.3. The van der Waals surface area contributed by atoms with E-state index in [1.807, 2.05) is 48.0 Å². The maximum absolute atomic E-state index is 13.1. The van der Waals surface area contributed by atoms with E-state index in [2.05, 4.69) is 47.1 Å². The third kappa shape index (κ3) is 5.04. The number of hydrogen-bond donors (Lipinski definition) is 0. The van der Waals surface area contributed by atoms with Crippen molar-refractivity contribution in [2.24, 2.45) is 7.05 Å². The molecule has 2 aromatic heterocycles. The van der Waals surface area contributed by atoms with Gasteiger partial charge in [0.2, 0.25) is 0 Å². The lowest BCUT2D eigenvalue weighted by molar-refractivity contribution is 0.568. The van der Waals surface area contributed by atoms with Gasteiger partial charge in [-0.2, -0.15) is 5.26 Å². The number of aromatic nitrogens is 3. The molecule has 0 N–H and O–H groups in total. The van der Waals surface area contributed by atoms with E-state index in [4.69, 9.17) is 0 Å². The quantitative estimate of drug-likeness (QED) is 0.444. The summed E-state index contributed by atoms with van der Waals surface area (Å²) in [5, 5.41) is 9.73. The molecule has 0 radical (unpaired) electrons. The van der Waals surface area contributed by atoms with Gasteiger partial charge in [-0.25, -0.2) is 4.98 Å². The fraction of sp³-hybridized carbons (Fsp3) is 0.321. The maximum Gasteiger partial charge on any atom is 0.277 e. The summed E-state index contributed by atoms with van der Waals surface area (Å²) in [4.78, 5) is 19.8. The van der Waals surface area contributed by atoms with Crippen LogP contribution < -0.4 is 10.5 Å². The lowest BCUT2D eigenvalue weighted by Crippen LogP contribution is -2.31. The third-order valence-electron chi connectivity index (χ3n) is 6.32. The first-order valence-electron chi connectivity index (χ1n) is 11.9. The van der Waals surface area contributed by atoms with Gasteiger partial charge in [0.15, 0.2) is 0 Å². The number of fused-ring (bicyclic) bond motifs is 1. The molecule has 1 fully saturated rings. The lowest BCUT2D eigenvalue weighted by atomic mass is 10.1. The molecular formula is C28H31N5O. The molecule has 3 heterocycles. The van der Waals surface area contributed by atoms with Crippen molar-refractivity contribution in [1.82, 2.24) is 14.1 Å². The molecule has 0 saturated carbocycles. The highest BCUT2D eigenvalue weighted by Gasteiger charge is 2.25. The Hall–Kier alpha value is -3.85. The number of nitriles is 1. The molecule has 1 aliphatic rings. The molecule has 4 aromatic rings. The van der Waals surface area contributed by atoms with E-state index >= 15 is 0 Å². The summed E-state index contributed by atoms with van der Waals surface area (Å²) in [6.07, 6.45) is 5.78. The van der Waals surface area contributed by atoms with Gasteiger partial charge in [0, 0.05) is 26.7 Å². The Bertz CT molecular complexity index is 1330. The van der Waals surface area contributed by atoms with Gasteiger partial charge in [-0.3, -0.25) is 9.36 Å². The molecule has 1 saturated heterocycles. The van der Waals surface area contributed by atoms with Crippen molar-refractivity contribution >= 4 is 16.9 Å². The van der Waals surface area contributed by atoms with Gasteiger partial charge in [-0.15, -0.1) is 0 Å². The van der Waals surface area contributed by atoms with Gasteiger partial charge >= 0.3 is 0 Å². The van der Waals surface area contributed by atoms with E-state index in [0.717, 1.165) is 38.2 Å². The van der Waals surface area contributed by atoms with Crippen LogP contribution in [-0.2, 0) is 20.0 Å². The Morgan fingerprint density at radius 1 is 0.971 bits per heavy atom. The summed E-state index contributed by atoms with van der Waals surface area (Å²) in [5.74, 6) is 0.831. The zero-order chi connectivity index (χ0) is 23.9. The predicted octanol–water partition coefficient (Wildman–Crippen LogP) is 4.83. The normalized spacial score (nSPS) is 13.3. The van der Waals surface area contributed by atoms with Crippen molar-refractivity contribution in [1.29, 1.82) is 5.26 Å². The lowest BCUT2D eigenvalue weighted by Gasteiger charge is -2.29. The second-order valence-electron chi connectivity index (χ2n) is 8.75. The molecule has 0 spiro atoms. The average Bonchev–Trinajstić information content (AvgIpc) is 3.17. The predicted molar refractivity (Wildman–Crippen MR) is 137 cm³/mol. The topological polar surface area (TPSA) is 66.8 Å². The largest absolute Gasteiger partial charge is 0.357 e. The zero-order valence-corrected chi connectivity index (χ0v) is 19.9. The van der Waals surface area contributed by atoms with Crippen LogP contribution in [0.3, 0.4) is 0 Å². The molecule has 0 atom stereocenters. The van der Waals surface area contributed by atoms with Crippen LogP contribution in [0.5, 0.6) is 0 Å². The molecule has 0 unspecified atom stereocenters. The van der Waals surface area contributed by atoms with E-state index < -0.39 is 0 Å². The summed E-state index contributed by atoms with van der Waals surface area (Å²) < 4.78 is 3.52. The van der Waals surface area contributed by atoms with E-state index in [-0.39, 0.29) is 5.56 Å². The maximum atomic E-state index is 13.1. The van der Waals surface area contributed by atoms with Crippen LogP contribution >= 0.6 is 0 Å². The van der Waals surface area contributed by atoms with Crippen LogP contribution in [0.2, 0.25) is 0 Å². The Morgan fingerprint density at radius 3 is 2.21 bits per heavy atom. The third-order valence-corrected chi connectivity index (χ3v) is 6.32. The second kappa shape index (κ2) is 10.8. The summed E-state index contributed by atoms with van der Waals surface area (Å²) in [7, 11) is 1.87. The van der Waals surface area contributed by atoms with E-state index in [1.165, 1.54) is 17.5 Å². The standard InChI is InChI=1S/C21H23N5O.C7H8/c1-24-19-18(17(14-22)20(24)25-11-6-3-7-12-25)23-15-26(21(19)27)13-10-16-8-4-2-5-9-16;1-7-5-3-2-4-6-7/h2,4-5,8-9,15H,3,6-7,10-13H2,1H3;2-6H,1H3. The Morgan fingerprint density at radius 2 is 1.62 bits per heavy atom. The van der Waals surface area contributed by atoms with Gasteiger partial charge in [-0.05, 0) is 38.2 Å². The van der Waals surface area contributed by atoms with Crippen LogP contribution in [-0.4, -0.2) is 27.2 Å². The highest BCUT2D eigenvalue weighted by Crippen LogP contribution is 2.30. The Balaban J connectivity index is 0.000000336. The van der Waals surface area contributed by atoms with Crippen LogP contribution in [0.15, 0.2) is 71.8 Å². The number of benzene rings is 2. The van der Waals surface area contributed by atoms with Crippen LogP contribution in [0.1, 0.15) is 36.0 Å². The molecule has 6 nitrogen and oxygen atoms in total. The van der Waals surface area contributed by atoms with Gasteiger partial charge in [0.25, 0.3) is 5.56 Å². The summed E-state index contributed by atoms with van der Waals surface area (Å²) in [5.41, 5.74) is 3.97. The summed E-state index contributed by atoms with van der Waals surface area (Å²) in [6, 6.07) is 22.7. The zero-order valence-electron chi connectivity index (χ0n) is 19.9. The SMILES string of the molecule is Cc1ccccc1.Cn1c(N2CCCCC2)c(C#N)c2ncn(CCc3ccccc3)c(=O)c21. The molecule has 0 amide bonds. The second-order valence-corrected chi connectivity index (χ2v) is 8.75. The minimum absolute atomic E-state index is 0.0850. The van der Waals surface area contributed by atoms with E-state index in [9.17, 15) is 10.1 Å². The van der Waals surface area contributed by atoms with Crippen molar-refractivity contribution in [2.75, 3.05) is 18.0 Å². The van der Waals surface area contributed by atoms with Gasteiger partial charge in [0.1, 0.15) is 28.5 Å². The van der Waals surface area contributed by atoms with Crippen molar-refractivity contribution < 1.29 is 0 Å². The molecule has 1 aliphatic heterocycles. The van der Waals surface area contributed by atoms with Gasteiger partial charge in [-0.1, -0.05) is 66.2 Å². The average molecular weight is 454 g/mol. The van der Waals surface area contributed by atoms with Crippen molar-refractivity contribution in [3.05, 3.63) is 94.0 Å². The molecule has 0 bridgehead atoms. The van der Waals surface area contributed by atoms with E-state index in [1.54, 1.807) is 10.9 Å². The van der Waals surface area contributed by atoms with Crippen molar-refractivity contribution in [2.45, 2.75) is 39.2 Å². The minimum Gasteiger partial charge on any atom is -0.357 e. The minimum atomic E-state index is -0.0850. The number of rotatable bonds is 4. The summed E-state index contributed by atoms with van der Waals surface area (Å²) in [6.45, 7) is 4.49. The first-order valence-corrected chi connectivity index (χ1v) is 11.9. The molecule has 174 valence electrons. The monoisotopic (exact) mass is 453 g/mol. The molecule has 34 heavy (non-hydrogen) atoms. The highest BCUT2D eigenvalue weighted by atomic mass is 16.1. The number of piperidine rings is 1. The summed E-state index contributed by atoms with van der Waals surface area (Å²) >= 11 is 0.